The summed E-state index contributed by atoms with van der Waals surface area (Å²) in [4.78, 5) is 36.7. The van der Waals surface area contributed by atoms with E-state index in [4.69, 9.17) is 4.42 Å². The van der Waals surface area contributed by atoms with E-state index in [1.807, 2.05) is 0 Å². The van der Waals surface area contributed by atoms with Gasteiger partial charge in [0, 0.05) is 0 Å². The van der Waals surface area contributed by atoms with Gasteiger partial charge in [-0.05, 0) is 23.6 Å². The number of imide groups is 1. The Bertz CT molecular complexity index is 804. The summed E-state index contributed by atoms with van der Waals surface area (Å²) in [5, 5.41) is 4.67. The lowest BCUT2D eigenvalue weighted by Gasteiger charge is -2.29. The van der Waals surface area contributed by atoms with E-state index in [-0.39, 0.29) is 10.6 Å². The number of halogens is 3. The Balaban J connectivity index is 1.92. The van der Waals surface area contributed by atoms with Crippen LogP contribution >= 0.6 is 11.3 Å². The average Bonchev–Trinajstić information content (AvgIpc) is 3.25. The van der Waals surface area contributed by atoms with E-state index < -0.39 is 36.2 Å². The van der Waals surface area contributed by atoms with Crippen molar-refractivity contribution in [1.82, 2.24) is 15.5 Å². The number of rotatable bonds is 4. The maximum Gasteiger partial charge on any atom is 0.440 e. The van der Waals surface area contributed by atoms with Crippen molar-refractivity contribution in [3.63, 3.8) is 0 Å². The molecule has 1 saturated heterocycles. The Morgan fingerprint density at radius 3 is 2.64 bits per heavy atom. The van der Waals surface area contributed by atoms with Crippen LogP contribution in [-0.2, 0) is 11.3 Å². The van der Waals surface area contributed by atoms with Crippen molar-refractivity contribution in [3.05, 3.63) is 46.5 Å². The Hall–Kier alpha value is -2.82. The summed E-state index contributed by atoms with van der Waals surface area (Å²) in [6.07, 6.45) is -3.99. The minimum atomic E-state index is -5.25. The molecule has 0 aliphatic carbocycles. The number of nitrogens with one attached hydrogen (secondary N) is 2. The van der Waals surface area contributed by atoms with Crippen LogP contribution in [0.4, 0.5) is 18.0 Å². The molecule has 0 saturated carbocycles. The van der Waals surface area contributed by atoms with Crippen molar-refractivity contribution >= 4 is 29.2 Å². The molecule has 0 spiro atoms. The molecule has 1 aliphatic heterocycles. The molecular formula is C14H10F3N3O4S. The normalized spacial score (nSPS) is 20.7. The number of hydrogen-bond donors (Lipinski definition) is 2. The number of alkyl halides is 3. The topological polar surface area (TPSA) is 91.7 Å². The third kappa shape index (κ3) is 2.86. The third-order valence-electron chi connectivity index (χ3n) is 3.47. The molecule has 0 aromatic carbocycles. The van der Waals surface area contributed by atoms with Crippen LogP contribution in [0.5, 0.6) is 0 Å². The molecule has 7 nitrogen and oxygen atoms in total. The first-order valence-electron chi connectivity index (χ1n) is 6.84. The lowest BCUT2D eigenvalue weighted by Crippen LogP contribution is -2.69. The van der Waals surface area contributed by atoms with E-state index in [1.165, 1.54) is 35.9 Å². The van der Waals surface area contributed by atoms with Crippen LogP contribution in [0.3, 0.4) is 0 Å². The molecule has 11 heteroatoms. The van der Waals surface area contributed by atoms with Crippen molar-refractivity contribution in [2.75, 3.05) is 0 Å². The minimum absolute atomic E-state index is 0.0323. The van der Waals surface area contributed by atoms with Gasteiger partial charge in [0.2, 0.25) is 0 Å². The van der Waals surface area contributed by atoms with Crippen LogP contribution in [0.1, 0.15) is 15.4 Å². The van der Waals surface area contributed by atoms with Crippen molar-refractivity contribution in [2.45, 2.75) is 18.4 Å². The smallest absolute Gasteiger partial charge is 0.440 e. The summed E-state index contributed by atoms with van der Waals surface area (Å²) in [5.41, 5.74) is -3.53. The standard InChI is InChI=1S/C14H10F3N3O4S/c15-14(16,17)13(18-10(21)9-4-2-6-25-9)11(22)20(12(23)19-13)7-8-3-1-5-24-8/h1-6H,7H2,(H,18,21)(H,19,23)/t13-/m1/s1. The maximum absolute atomic E-state index is 13.6. The highest BCUT2D eigenvalue weighted by Gasteiger charge is 2.68. The zero-order chi connectivity index (χ0) is 18.2. The monoisotopic (exact) mass is 373 g/mol. The van der Waals surface area contributed by atoms with Gasteiger partial charge in [0.15, 0.2) is 0 Å². The Labute approximate surface area is 142 Å². The molecule has 3 heterocycles. The highest BCUT2D eigenvalue weighted by Crippen LogP contribution is 2.34. The number of nitrogens with zero attached hydrogens (tertiary/aromatic N) is 1. The molecule has 2 aromatic heterocycles. The van der Waals surface area contributed by atoms with E-state index in [0.717, 1.165) is 11.3 Å². The summed E-state index contributed by atoms with van der Waals surface area (Å²) < 4.78 is 45.7. The predicted octanol–water partition coefficient (Wildman–Crippen LogP) is 2.08. The van der Waals surface area contributed by atoms with E-state index in [1.54, 1.807) is 10.6 Å². The van der Waals surface area contributed by atoms with E-state index in [2.05, 4.69) is 0 Å². The zero-order valence-electron chi connectivity index (χ0n) is 12.3. The van der Waals surface area contributed by atoms with Gasteiger partial charge < -0.3 is 9.73 Å². The maximum atomic E-state index is 13.6. The summed E-state index contributed by atoms with van der Waals surface area (Å²) in [6, 6.07) is 4.34. The number of urea groups is 1. The first kappa shape index (κ1) is 17.0. The minimum Gasteiger partial charge on any atom is -0.467 e. The second-order valence-electron chi connectivity index (χ2n) is 5.08. The second kappa shape index (κ2) is 5.92. The van der Waals surface area contributed by atoms with E-state index in [0.29, 0.717) is 4.90 Å². The van der Waals surface area contributed by atoms with Gasteiger partial charge in [-0.15, -0.1) is 11.3 Å². The highest BCUT2D eigenvalue weighted by atomic mass is 32.1. The quantitative estimate of drug-likeness (QED) is 0.803. The molecule has 1 fully saturated rings. The van der Waals surface area contributed by atoms with Gasteiger partial charge in [-0.25, -0.2) is 4.79 Å². The van der Waals surface area contributed by atoms with Crippen molar-refractivity contribution in [2.24, 2.45) is 0 Å². The van der Waals surface area contributed by atoms with Crippen LogP contribution < -0.4 is 10.6 Å². The zero-order valence-corrected chi connectivity index (χ0v) is 13.1. The number of hydrogen-bond acceptors (Lipinski definition) is 5. The Kier molecular flexibility index (Phi) is 4.03. The fourth-order valence-electron chi connectivity index (χ4n) is 2.27. The molecule has 4 amide bonds. The van der Waals surface area contributed by atoms with E-state index >= 15 is 0 Å². The number of amides is 4. The predicted molar refractivity (Wildman–Crippen MR) is 78.4 cm³/mol. The van der Waals surface area contributed by atoms with Gasteiger partial charge in [0.25, 0.3) is 17.5 Å². The van der Waals surface area contributed by atoms with Gasteiger partial charge in [-0.2, -0.15) is 13.2 Å². The molecule has 2 aromatic rings. The molecule has 3 rings (SSSR count). The highest BCUT2D eigenvalue weighted by molar-refractivity contribution is 7.12. The summed E-state index contributed by atoms with van der Waals surface area (Å²) >= 11 is 0.898. The van der Waals surface area contributed by atoms with Crippen molar-refractivity contribution in [1.29, 1.82) is 0 Å². The summed E-state index contributed by atoms with van der Waals surface area (Å²) in [7, 11) is 0. The Morgan fingerprint density at radius 1 is 1.32 bits per heavy atom. The number of carbonyl (C=O) groups is 3. The van der Waals surface area contributed by atoms with Crippen LogP contribution in [0.15, 0.2) is 40.3 Å². The van der Waals surface area contributed by atoms with Crippen LogP contribution in [0.25, 0.3) is 0 Å². The lowest BCUT2D eigenvalue weighted by atomic mass is 10.1. The van der Waals surface area contributed by atoms with Gasteiger partial charge in [0.05, 0.1) is 17.7 Å². The Morgan fingerprint density at radius 2 is 2.08 bits per heavy atom. The fourth-order valence-corrected chi connectivity index (χ4v) is 2.88. The molecule has 0 bridgehead atoms. The largest absolute Gasteiger partial charge is 0.467 e. The lowest BCUT2D eigenvalue weighted by molar-refractivity contribution is -0.200. The van der Waals surface area contributed by atoms with Gasteiger partial charge in [-0.3, -0.25) is 19.8 Å². The molecule has 2 N–H and O–H groups in total. The summed E-state index contributed by atoms with van der Waals surface area (Å²) in [6.45, 7) is -0.496. The molecule has 132 valence electrons. The number of thiophene rings is 1. The second-order valence-corrected chi connectivity index (χ2v) is 6.03. The van der Waals surface area contributed by atoms with Crippen LogP contribution in [-0.4, -0.2) is 34.6 Å². The molecule has 25 heavy (non-hydrogen) atoms. The first-order valence-corrected chi connectivity index (χ1v) is 7.72. The van der Waals surface area contributed by atoms with Crippen molar-refractivity contribution in [3.8, 4) is 0 Å². The first-order chi connectivity index (χ1) is 11.7. The number of carbonyl (C=O) groups excluding carboxylic acids is 3. The third-order valence-corrected chi connectivity index (χ3v) is 4.34. The van der Waals surface area contributed by atoms with Gasteiger partial charge >= 0.3 is 12.2 Å². The van der Waals surface area contributed by atoms with Crippen LogP contribution in [0.2, 0.25) is 0 Å². The van der Waals surface area contributed by atoms with E-state index in [9.17, 15) is 27.6 Å². The SMILES string of the molecule is O=C(N[C@@]1(C(F)(F)F)NC(=O)N(Cc2ccco2)C1=O)c1cccs1. The van der Waals surface area contributed by atoms with Gasteiger partial charge in [-0.1, -0.05) is 6.07 Å². The fraction of sp³-hybridized carbons (Fsp3) is 0.214. The number of furan rings is 1. The molecule has 1 aliphatic rings. The molecule has 0 unspecified atom stereocenters. The van der Waals surface area contributed by atoms with Crippen LogP contribution in [0, 0.1) is 0 Å². The average molecular weight is 373 g/mol. The molecular weight excluding hydrogens is 363 g/mol. The van der Waals surface area contributed by atoms with Gasteiger partial charge in [0.1, 0.15) is 5.76 Å². The molecule has 1 atom stereocenters. The van der Waals surface area contributed by atoms with Crippen molar-refractivity contribution < 1.29 is 32.0 Å². The summed E-state index contributed by atoms with van der Waals surface area (Å²) in [5.74, 6) is -2.64. The molecule has 0 radical (unpaired) electrons.